The van der Waals surface area contributed by atoms with E-state index in [1.165, 1.54) is 20.2 Å². The second-order valence-corrected chi connectivity index (χ2v) is 11.4. The molecule has 0 radical (unpaired) electrons. The number of nitrogens with two attached hydrogens (primary N) is 1. The zero-order valence-electron chi connectivity index (χ0n) is 24.1. The molecule has 2 heterocycles. The largest absolute Gasteiger partial charge is 0.476 e. The number of imidazole rings is 1. The van der Waals surface area contributed by atoms with Crippen molar-refractivity contribution in [2.45, 2.75) is 66.0 Å². The van der Waals surface area contributed by atoms with Crippen molar-refractivity contribution in [2.75, 3.05) is 25.6 Å². The fraction of sp³-hybridized carbons (Fsp3) is 0.538. The number of nitrogens with zero attached hydrogens (tertiary/aromatic N) is 4. The molecule has 3 rings (SSSR count). The van der Waals surface area contributed by atoms with E-state index >= 15 is 0 Å². The maximum atomic E-state index is 13.8. The molecular formula is C26H39N6O8P. The number of esters is 1. The number of aromatic nitrogens is 4. The van der Waals surface area contributed by atoms with Crippen LogP contribution in [0, 0.1) is 5.92 Å². The monoisotopic (exact) mass is 594 g/mol. The highest BCUT2D eigenvalue weighted by molar-refractivity contribution is 7.52. The Morgan fingerprint density at radius 3 is 2.46 bits per heavy atom. The third-order valence-corrected chi connectivity index (χ3v) is 7.27. The van der Waals surface area contributed by atoms with E-state index < -0.39 is 38.2 Å². The van der Waals surface area contributed by atoms with Crippen LogP contribution in [0.5, 0.6) is 11.6 Å². The lowest BCUT2D eigenvalue weighted by Gasteiger charge is -2.28. The van der Waals surface area contributed by atoms with E-state index in [1.54, 1.807) is 41.8 Å². The smallest absolute Gasteiger partial charge is 0.459 e. The highest BCUT2D eigenvalue weighted by Gasteiger charge is 2.34. The van der Waals surface area contributed by atoms with Crippen LogP contribution in [0.25, 0.3) is 11.2 Å². The van der Waals surface area contributed by atoms with Crippen molar-refractivity contribution in [3.05, 3.63) is 36.7 Å². The normalized spacial score (nSPS) is 16.1. The minimum absolute atomic E-state index is 0.00331. The van der Waals surface area contributed by atoms with Gasteiger partial charge in [0.2, 0.25) is 11.8 Å². The zero-order chi connectivity index (χ0) is 30.2. The Kier molecular flexibility index (Phi) is 11.4. The lowest BCUT2D eigenvalue weighted by atomic mass is 10.2. The van der Waals surface area contributed by atoms with E-state index in [4.69, 9.17) is 29.0 Å². The first kappa shape index (κ1) is 32.2. The predicted molar refractivity (Wildman–Crippen MR) is 151 cm³/mol. The van der Waals surface area contributed by atoms with Gasteiger partial charge in [0.1, 0.15) is 24.1 Å². The Balaban J connectivity index is 1.78. The fourth-order valence-electron chi connectivity index (χ4n) is 3.57. The van der Waals surface area contributed by atoms with Crippen LogP contribution in [-0.2, 0) is 23.4 Å². The van der Waals surface area contributed by atoms with Gasteiger partial charge in [-0.15, -0.1) is 0 Å². The molecule has 41 heavy (non-hydrogen) atoms. The van der Waals surface area contributed by atoms with Gasteiger partial charge < -0.3 is 29.6 Å². The van der Waals surface area contributed by atoms with Gasteiger partial charge >= 0.3 is 13.7 Å². The number of aliphatic hydroxyl groups excluding tert-OH is 1. The van der Waals surface area contributed by atoms with E-state index in [1.807, 2.05) is 20.8 Å². The molecule has 3 aromatic rings. The Bertz CT molecular complexity index is 1320. The summed E-state index contributed by atoms with van der Waals surface area (Å²) in [4.78, 5) is 25.1. The van der Waals surface area contributed by atoms with Crippen molar-refractivity contribution in [3.63, 3.8) is 0 Å². The summed E-state index contributed by atoms with van der Waals surface area (Å²) in [7, 11) is -4.17. The number of aliphatic hydroxyl groups is 1. The summed E-state index contributed by atoms with van der Waals surface area (Å²) in [6.45, 7) is 10.5. The molecule has 0 aliphatic rings. The minimum Gasteiger partial charge on any atom is -0.476 e. The molecule has 0 saturated heterocycles. The quantitative estimate of drug-likeness (QED) is 0.162. The first-order valence-electron chi connectivity index (χ1n) is 13.3. The summed E-state index contributed by atoms with van der Waals surface area (Å²) < 4.78 is 43.7. The van der Waals surface area contributed by atoms with Crippen LogP contribution in [0.15, 0.2) is 36.7 Å². The number of rotatable bonds is 16. The summed E-state index contributed by atoms with van der Waals surface area (Å²) in [5.74, 6) is -0.00193. The van der Waals surface area contributed by atoms with Crippen molar-refractivity contribution in [1.82, 2.24) is 24.6 Å². The van der Waals surface area contributed by atoms with Crippen LogP contribution in [-0.4, -0.2) is 68.7 Å². The van der Waals surface area contributed by atoms with Crippen LogP contribution in [0.3, 0.4) is 0 Å². The molecule has 0 fully saturated rings. The maximum absolute atomic E-state index is 13.8. The summed E-state index contributed by atoms with van der Waals surface area (Å²) in [5.41, 5.74) is 6.62. The number of anilines is 1. The second kappa shape index (κ2) is 14.6. The molecule has 4 N–H and O–H groups in total. The van der Waals surface area contributed by atoms with E-state index in [0.29, 0.717) is 17.8 Å². The fourth-order valence-corrected chi connectivity index (χ4v) is 5.07. The molecular weight excluding hydrogens is 555 g/mol. The van der Waals surface area contributed by atoms with Gasteiger partial charge in [-0.3, -0.25) is 13.9 Å². The van der Waals surface area contributed by atoms with Crippen LogP contribution in [0.2, 0.25) is 0 Å². The molecule has 0 amide bonds. The van der Waals surface area contributed by atoms with Gasteiger partial charge in [0.25, 0.3) is 0 Å². The van der Waals surface area contributed by atoms with Gasteiger partial charge in [0.15, 0.2) is 11.2 Å². The number of carbonyl (C=O) groups is 1. The van der Waals surface area contributed by atoms with Crippen molar-refractivity contribution in [1.29, 1.82) is 0 Å². The number of carbonyl (C=O) groups excluding carboxylic acids is 1. The summed E-state index contributed by atoms with van der Waals surface area (Å²) in [5, 5.41) is 13.1. The van der Waals surface area contributed by atoms with Crippen LogP contribution < -0.4 is 20.1 Å². The molecule has 0 spiro atoms. The molecule has 0 aliphatic carbocycles. The molecule has 226 valence electrons. The topological polar surface area (TPSA) is 182 Å². The highest BCUT2D eigenvalue weighted by atomic mass is 31.2. The summed E-state index contributed by atoms with van der Waals surface area (Å²) in [6, 6.07) is 7.34. The minimum atomic E-state index is -4.17. The SMILES string of the molecule is CCOc1nc(N)nc2c1ncn2[C@@H](C)O[C@H](COP(=O)(NC(C)C(=O)OCC(C)C)Oc1ccccc1)[C@H](C)O. The maximum Gasteiger partial charge on any atom is 0.459 e. The van der Waals surface area contributed by atoms with Gasteiger partial charge in [-0.25, -0.2) is 9.55 Å². The Morgan fingerprint density at radius 1 is 1.12 bits per heavy atom. The van der Waals surface area contributed by atoms with Gasteiger partial charge in [-0.05, 0) is 45.7 Å². The van der Waals surface area contributed by atoms with Gasteiger partial charge in [0.05, 0.1) is 32.3 Å². The molecule has 15 heteroatoms. The second-order valence-electron chi connectivity index (χ2n) is 9.73. The zero-order valence-corrected chi connectivity index (χ0v) is 25.0. The van der Waals surface area contributed by atoms with Crippen LogP contribution in [0.1, 0.15) is 47.8 Å². The number of benzene rings is 1. The van der Waals surface area contributed by atoms with Crippen LogP contribution >= 0.6 is 7.75 Å². The number of hydrogen-bond donors (Lipinski definition) is 3. The number of hydrogen-bond acceptors (Lipinski definition) is 12. The average molecular weight is 595 g/mol. The lowest BCUT2D eigenvalue weighted by molar-refractivity contribution is -0.146. The number of fused-ring (bicyclic) bond motifs is 1. The third kappa shape index (κ3) is 9.10. The Hall–Kier alpha value is -3.29. The highest BCUT2D eigenvalue weighted by Crippen LogP contribution is 2.45. The number of nitrogens with one attached hydrogen (secondary N) is 1. The molecule has 0 bridgehead atoms. The van der Waals surface area contributed by atoms with E-state index in [0.717, 1.165) is 0 Å². The Morgan fingerprint density at radius 2 is 1.83 bits per heavy atom. The predicted octanol–water partition coefficient (Wildman–Crippen LogP) is 3.47. The average Bonchev–Trinajstić information content (AvgIpc) is 3.34. The van der Waals surface area contributed by atoms with Crippen molar-refractivity contribution in [3.8, 4) is 11.6 Å². The summed E-state index contributed by atoms with van der Waals surface area (Å²) >= 11 is 0. The summed E-state index contributed by atoms with van der Waals surface area (Å²) in [6.07, 6.45) is -1.27. The van der Waals surface area contributed by atoms with Crippen molar-refractivity contribution < 1.29 is 37.7 Å². The molecule has 2 unspecified atom stereocenters. The molecule has 2 aromatic heterocycles. The molecule has 0 aliphatic heterocycles. The first-order valence-corrected chi connectivity index (χ1v) is 14.9. The molecule has 14 nitrogen and oxygen atoms in total. The van der Waals surface area contributed by atoms with Gasteiger partial charge in [0, 0.05) is 0 Å². The van der Waals surface area contributed by atoms with Gasteiger partial charge in [-0.1, -0.05) is 32.0 Å². The molecule has 5 atom stereocenters. The molecule has 0 saturated carbocycles. The van der Waals surface area contributed by atoms with Crippen LogP contribution in [0.4, 0.5) is 5.95 Å². The van der Waals surface area contributed by atoms with Crippen molar-refractivity contribution >= 4 is 30.8 Å². The van der Waals surface area contributed by atoms with E-state index in [2.05, 4.69) is 20.0 Å². The Labute approximate surface area is 239 Å². The molecule has 1 aromatic carbocycles. The lowest BCUT2D eigenvalue weighted by Crippen LogP contribution is -2.38. The van der Waals surface area contributed by atoms with Gasteiger partial charge in [-0.2, -0.15) is 15.1 Å². The van der Waals surface area contributed by atoms with E-state index in [-0.39, 0.29) is 36.7 Å². The first-order chi connectivity index (χ1) is 19.4. The van der Waals surface area contributed by atoms with E-state index in [9.17, 15) is 14.5 Å². The number of para-hydroxylation sites is 1. The number of ether oxygens (including phenoxy) is 3. The number of nitrogen functional groups attached to an aromatic ring is 1. The standard InChI is InChI=1S/C26H39N6O8P/c1-7-36-24-22-23(29-26(27)30-24)32(15-28-22)19(6)39-21(18(5)33)14-38-41(35,40-20-11-9-8-10-12-20)31-17(4)25(34)37-13-16(2)3/h8-12,15-19,21,33H,7,13-14H2,1-6H3,(H,31,35)(H2,27,29,30)/t17?,18-,19+,21+,41?/m0/s1. The third-order valence-electron chi connectivity index (χ3n) is 5.63. The van der Waals surface area contributed by atoms with Crippen molar-refractivity contribution in [2.24, 2.45) is 5.92 Å².